The van der Waals surface area contributed by atoms with Crippen molar-refractivity contribution in [2.24, 2.45) is 0 Å². The maximum atomic E-state index is 11.9. The normalized spacial score (nSPS) is 11.0. The maximum absolute atomic E-state index is 11.9. The average Bonchev–Trinajstić information content (AvgIpc) is 2.53. The van der Waals surface area contributed by atoms with Gasteiger partial charge in [0.2, 0.25) is 0 Å². The molecule has 0 aliphatic carbocycles. The van der Waals surface area contributed by atoms with Gasteiger partial charge < -0.3 is 15.2 Å². The van der Waals surface area contributed by atoms with Crippen LogP contribution in [0.25, 0.3) is 0 Å². The monoisotopic (exact) mass is 397 g/mol. The zero-order valence-electron chi connectivity index (χ0n) is 13.9. The van der Waals surface area contributed by atoms with Crippen LogP contribution in [0.15, 0.2) is 41.3 Å². The minimum atomic E-state index is -3.47. The first-order valence-corrected chi connectivity index (χ1v) is 9.61. The first-order valence-electron chi connectivity index (χ1n) is 7.34. The van der Waals surface area contributed by atoms with Crippen molar-refractivity contribution < 1.29 is 27.9 Å². The van der Waals surface area contributed by atoms with Crippen molar-refractivity contribution in [1.29, 1.82) is 0 Å². The van der Waals surface area contributed by atoms with Crippen LogP contribution in [0.3, 0.4) is 0 Å². The number of anilines is 1. The second-order valence-electron chi connectivity index (χ2n) is 5.56. The Morgan fingerprint density at radius 3 is 2.50 bits per heavy atom. The molecule has 0 unspecified atom stereocenters. The molecule has 0 saturated heterocycles. The van der Waals surface area contributed by atoms with Gasteiger partial charge in [-0.1, -0.05) is 17.7 Å². The third kappa shape index (κ3) is 4.96. The highest BCUT2D eigenvalue weighted by atomic mass is 35.5. The van der Waals surface area contributed by atoms with Gasteiger partial charge >= 0.3 is 5.97 Å². The Bertz CT molecular complexity index is 971. The third-order valence-corrected chi connectivity index (χ3v) is 4.79. The minimum Gasteiger partial charge on any atom is -0.507 e. The minimum absolute atomic E-state index is 0.0150. The Balaban J connectivity index is 2.04. The lowest BCUT2D eigenvalue weighted by Crippen LogP contribution is -2.21. The molecule has 0 spiro atoms. The van der Waals surface area contributed by atoms with Gasteiger partial charge in [0.25, 0.3) is 5.91 Å². The number of sulfone groups is 1. The predicted octanol–water partition coefficient (Wildman–Crippen LogP) is 2.55. The number of amides is 1. The van der Waals surface area contributed by atoms with Crippen LogP contribution in [-0.4, -0.2) is 38.3 Å². The topological polar surface area (TPSA) is 110 Å². The number of phenolic OH excluding ortho intramolecular Hbond substituents is 1. The van der Waals surface area contributed by atoms with Gasteiger partial charge in [0, 0.05) is 6.26 Å². The van der Waals surface area contributed by atoms with E-state index in [1.165, 1.54) is 30.3 Å². The van der Waals surface area contributed by atoms with E-state index in [1.54, 1.807) is 13.0 Å². The first kappa shape index (κ1) is 19.7. The standard InChI is InChI=1S/C17H16ClNO6S/c1-10-3-5-12(15(20)7-10)17(22)25-9-16(21)19-14-8-11(26(2,23)24)4-6-13(14)18/h3-8,20H,9H2,1-2H3,(H,19,21). The summed E-state index contributed by atoms with van der Waals surface area (Å²) >= 11 is 5.93. The van der Waals surface area contributed by atoms with E-state index >= 15 is 0 Å². The Kier molecular flexibility index (Phi) is 5.89. The number of aryl methyl sites for hydroxylation is 1. The number of phenols is 1. The molecule has 0 aromatic heterocycles. The molecule has 1 amide bonds. The molecule has 2 rings (SSSR count). The van der Waals surface area contributed by atoms with E-state index < -0.39 is 28.3 Å². The Morgan fingerprint density at radius 1 is 1.19 bits per heavy atom. The van der Waals surface area contributed by atoms with Crippen LogP contribution < -0.4 is 5.32 Å². The van der Waals surface area contributed by atoms with Gasteiger partial charge in [-0.2, -0.15) is 0 Å². The van der Waals surface area contributed by atoms with E-state index in [2.05, 4.69) is 5.32 Å². The van der Waals surface area contributed by atoms with Gasteiger partial charge in [-0.25, -0.2) is 13.2 Å². The summed E-state index contributed by atoms with van der Waals surface area (Å²) < 4.78 is 28.0. The quantitative estimate of drug-likeness (QED) is 0.750. The zero-order chi connectivity index (χ0) is 19.5. The van der Waals surface area contributed by atoms with Crippen LogP contribution in [0.1, 0.15) is 15.9 Å². The molecular weight excluding hydrogens is 382 g/mol. The van der Waals surface area contributed by atoms with Gasteiger partial charge in [0.05, 0.1) is 15.6 Å². The number of nitrogens with one attached hydrogen (secondary N) is 1. The van der Waals surface area contributed by atoms with Crippen molar-refractivity contribution in [2.75, 3.05) is 18.2 Å². The molecule has 0 heterocycles. The third-order valence-electron chi connectivity index (χ3n) is 3.35. The van der Waals surface area contributed by atoms with E-state index in [0.717, 1.165) is 11.8 Å². The Morgan fingerprint density at radius 2 is 1.88 bits per heavy atom. The van der Waals surface area contributed by atoms with E-state index in [4.69, 9.17) is 16.3 Å². The molecule has 7 nitrogen and oxygen atoms in total. The van der Waals surface area contributed by atoms with Crippen LogP contribution >= 0.6 is 11.6 Å². The molecule has 26 heavy (non-hydrogen) atoms. The molecule has 138 valence electrons. The summed E-state index contributed by atoms with van der Waals surface area (Å²) in [7, 11) is -3.47. The molecule has 2 aromatic rings. The average molecular weight is 398 g/mol. The number of hydrogen-bond donors (Lipinski definition) is 2. The molecule has 2 N–H and O–H groups in total. The molecule has 2 aromatic carbocycles. The summed E-state index contributed by atoms with van der Waals surface area (Å²) in [4.78, 5) is 23.8. The van der Waals surface area contributed by atoms with E-state index in [0.29, 0.717) is 0 Å². The highest BCUT2D eigenvalue weighted by Crippen LogP contribution is 2.25. The molecule has 0 bridgehead atoms. The number of halogens is 1. The van der Waals surface area contributed by atoms with Crippen LogP contribution in [-0.2, 0) is 19.4 Å². The van der Waals surface area contributed by atoms with Gasteiger partial charge in [-0.15, -0.1) is 0 Å². The lowest BCUT2D eigenvalue weighted by Gasteiger charge is -2.10. The van der Waals surface area contributed by atoms with E-state index in [9.17, 15) is 23.1 Å². The van der Waals surface area contributed by atoms with Crippen molar-refractivity contribution in [3.05, 3.63) is 52.5 Å². The fraction of sp³-hybridized carbons (Fsp3) is 0.176. The number of carbonyl (C=O) groups is 2. The van der Waals surface area contributed by atoms with Gasteiger partial charge in [-0.05, 0) is 42.8 Å². The van der Waals surface area contributed by atoms with E-state index in [-0.39, 0.29) is 26.9 Å². The number of rotatable bonds is 5. The zero-order valence-corrected chi connectivity index (χ0v) is 15.5. The van der Waals surface area contributed by atoms with Crippen molar-refractivity contribution in [3.8, 4) is 5.75 Å². The van der Waals surface area contributed by atoms with Gasteiger partial charge in [-0.3, -0.25) is 4.79 Å². The summed E-state index contributed by atoms with van der Waals surface area (Å²) in [6.45, 7) is 1.11. The number of hydrogen-bond acceptors (Lipinski definition) is 6. The second-order valence-corrected chi connectivity index (χ2v) is 7.98. The lowest BCUT2D eigenvalue weighted by atomic mass is 10.1. The lowest BCUT2D eigenvalue weighted by molar-refractivity contribution is -0.119. The van der Waals surface area contributed by atoms with Gasteiger partial charge in [0.15, 0.2) is 16.4 Å². The summed E-state index contributed by atoms with van der Waals surface area (Å²) in [5.74, 6) is -1.83. The van der Waals surface area contributed by atoms with Crippen molar-refractivity contribution in [2.45, 2.75) is 11.8 Å². The summed E-state index contributed by atoms with van der Waals surface area (Å²) in [5, 5.41) is 12.2. The highest BCUT2D eigenvalue weighted by molar-refractivity contribution is 7.90. The molecule has 0 atom stereocenters. The van der Waals surface area contributed by atoms with Crippen molar-refractivity contribution >= 4 is 39.0 Å². The summed E-state index contributed by atoms with van der Waals surface area (Å²) in [6, 6.07) is 8.26. The smallest absolute Gasteiger partial charge is 0.342 e. The fourth-order valence-corrected chi connectivity index (χ4v) is 2.85. The second kappa shape index (κ2) is 7.76. The molecule has 0 fully saturated rings. The maximum Gasteiger partial charge on any atom is 0.342 e. The number of esters is 1. The number of benzene rings is 2. The number of aromatic hydroxyl groups is 1. The van der Waals surface area contributed by atoms with Crippen LogP contribution in [0, 0.1) is 6.92 Å². The Labute approximate surface area is 155 Å². The van der Waals surface area contributed by atoms with Crippen LogP contribution in [0.5, 0.6) is 5.75 Å². The fourth-order valence-electron chi connectivity index (χ4n) is 2.04. The Hall–Kier alpha value is -2.58. The predicted molar refractivity (Wildman–Crippen MR) is 96.3 cm³/mol. The molecule has 0 aliphatic rings. The molecule has 0 aliphatic heterocycles. The molecule has 0 radical (unpaired) electrons. The number of ether oxygens (including phenoxy) is 1. The van der Waals surface area contributed by atoms with Gasteiger partial charge in [0.1, 0.15) is 11.3 Å². The van der Waals surface area contributed by atoms with Crippen molar-refractivity contribution in [3.63, 3.8) is 0 Å². The largest absolute Gasteiger partial charge is 0.507 e. The van der Waals surface area contributed by atoms with E-state index in [1.807, 2.05) is 0 Å². The van der Waals surface area contributed by atoms with Crippen molar-refractivity contribution in [1.82, 2.24) is 0 Å². The molecular formula is C17H16ClNO6S. The number of carbonyl (C=O) groups excluding carboxylic acids is 2. The molecule has 9 heteroatoms. The molecule has 0 saturated carbocycles. The summed E-state index contributed by atoms with van der Waals surface area (Å²) in [6.07, 6.45) is 1.03. The van der Waals surface area contributed by atoms with Crippen LogP contribution in [0.4, 0.5) is 5.69 Å². The highest BCUT2D eigenvalue weighted by Gasteiger charge is 2.16. The SMILES string of the molecule is Cc1ccc(C(=O)OCC(=O)Nc2cc(S(C)(=O)=O)ccc2Cl)c(O)c1. The summed E-state index contributed by atoms with van der Waals surface area (Å²) in [5.41, 5.74) is 0.770. The van der Waals surface area contributed by atoms with Crippen LogP contribution in [0.2, 0.25) is 5.02 Å². The first-order chi connectivity index (χ1) is 12.1.